The lowest BCUT2D eigenvalue weighted by Crippen LogP contribution is -1.85. The van der Waals surface area contributed by atoms with Crippen LogP contribution in [0.25, 0.3) is 20.5 Å². The van der Waals surface area contributed by atoms with E-state index in [1.807, 2.05) is 6.07 Å². The van der Waals surface area contributed by atoms with Crippen molar-refractivity contribution in [3.8, 4) is 10.4 Å². The van der Waals surface area contributed by atoms with Crippen LogP contribution in [-0.4, -0.2) is 0 Å². The summed E-state index contributed by atoms with van der Waals surface area (Å²) >= 11 is 1.76. The van der Waals surface area contributed by atoms with E-state index in [1.165, 1.54) is 20.7 Å². The summed E-state index contributed by atoms with van der Waals surface area (Å²) in [5.41, 5.74) is 9.59. The number of anilines is 1. The normalized spacial score (nSPS) is 10.9. The second-order valence-electron chi connectivity index (χ2n) is 4.21. The summed E-state index contributed by atoms with van der Waals surface area (Å²) < 4.78 is 1.25. The molecule has 0 amide bonds. The molecule has 3 aromatic rings. The second-order valence-corrected chi connectivity index (χ2v) is 5.26. The van der Waals surface area contributed by atoms with Crippen molar-refractivity contribution in [1.82, 2.24) is 0 Å². The molecule has 3 rings (SSSR count). The molecule has 1 heterocycles. The van der Waals surface area contributed by atoms with Gasteiger partial charge in [0.1, 0.15) is 0 Å². The van der Waals surface area contributed by atoms with E-state index in [1.54, 1.807) is 11.3 Å². The zero-order valence-electron chi connectivity index (χ0n) is 9.60. The highest BCUT2D eigenvalue weighted by Crippen LogP contribution is 2.40. The van der Waals surface area contributed by atoms with E-state index >= 15 is 0 Å². The molecule has 1 aromatic heterocycles. The molecule has 0 fully saturated rings. The Kier molecular flexibility index (Phi) is 2.37. The fourth-order valence-corrected chi connectivity index (χ4v) is 3.11. The fourth-order valence-electron chi connectivity index (χ4n) is 1.98. The molecular formula is C15H13NS. The molecule has 2 N–H and O–H groups in total. The lowest BCUT2D eigenvalue weighted by atomic mass is 10.1. The van der Waals surface area contributed by atoms with E-state index in [4.69, 9.17) is 5.73 Å². The summed E-state index contributed by atoms with van der Waals surface area (Å²) in [6.07, 6.45) is 0. The predicted molar refractivity (Wildman–Crippen MR) is 76.4 cm³/mol. The average Bonchev–Trinajstić information content (AvgIpc) is 2.69. The van der Waals surface area contributed by atoms with E-state index in [-0.39, 0.29) is 0 Å². The molecule has 84 valence electrons. The molecule has 0 aliphatic rings. The van der Waals surface area contributed by atoms with Crippen molar-refractivity contribution in [3.63, 3.8) is 0 Å². The van der Waals surface area contributed by atoms with Gasteiger partial charge in [-0.1, -0.05) is 48.0 Å². The van der Waals surface area contributed by atoms with Gasteiger partial charge in [0.05, 0.1) is 10.6 Å². The Bertz CT molecular complexity index is 665. The quantitative estimate of drug-likeness (QED) is 0.666. The molecular weight excluding hydrogens is 226 g/mol. The standard InChI is InChI=1S/C15H13NS/c1-10-6-8-11(9-7-10)15-14(16)12-4-2-3-5-13(12)17-15/h2-9H,16H2,1H3. The molecule has 1 nitrogen and oxygen atoms in total. The number of hydrogen-bond donors (Lipinski definition) is 1. The van der Waals surface area contributed by atoms with E-state index in [9.17, 15) is 0 Å². The van der Waals surface area contributed by atoms with E-state index in [2.05, 4.69) is 49.4 Å². The average molecular weight is 239 g/mol. The minimum absolute atomic E-state index is 0.898. The molecule has 2 aromatic carbocycles. The Morgan fingerprint density at radius 2 is 1.65 bits per heavy atom. The lowest BCUT2D eigenvalue weighted by Gasteiger charge is -2.00. The van der Waals surface area contributed by atoms with Crippen LogP contribution in [0.2, 0.25) is 0 Å². The third-order valence-corrected chi connectivity index (χ3v) is 4.18. The van der Waals surface area contributed by atoms with Gasteiger partial charge in [0, 0.05) is 10.1 Å². The van der Waals surface area contributed by atoms with Crippen LogP contribution < -0.4 is 5.73 Å². The molecule has 0 saturated heterocycles. The predicted octanol–water partition coefficient (Wildman–Crippen LogP) is 4.46. The van der Waals surface area contributed by atoms with E-state index in [0.717, 1.165) is 11.1 Å². The topological polar surface area (TPSA) is 26.0 Å². The molecule has 17 heavy (non-hydrogen) atoms. The van der Waals surface area contributed by atoms with Crippen molar-refractivity contribution in [1.29, 1.82) is 0 Å². The van der Waals surface area contributed by atoms with Crippen LogP contribution in [0.5, 0.6) is 0 Å². The number of rotatable bonds is 1. The molecule has 0 aliphatic carbocycles. The van der Waals surface area contributed by atoms with Gasteiger partial charge in [-0.15, -0.1) is 11.3 Å². The van der Waals surface area contributed by atoms with Gasteiger partial charge < -0.3 is 5.73 Å². The SMILES string of the molecule is Cc1ccc(-c2sc3ccccc3c2N)cc1. The molecule has 0 aliphatic heterocycles. The van der Waals surface area contributed by atoms with Gasteiger partial charge >= 0.3 is 0 Å². The van der Waals surface area contributed by atoms with Gasteiger partial charge in [-0.25, -0.2) is 0 Å². The van der Waals surface area contributed by atoms with Crippen molar-refractivity contribution in [2.45, 2.75) is 6.92 Å². The third kappa shape index (κ3) is 1.71. The third-order valence-electron chi connectivity index (χ3n) is 2.95. The van der Waals surface area contributed by atoms with Crippen LogP contribution in [0.3, 0.4) is 0 Å². The van der Waals surface area contributed by atoms with E-state index < -0.39 is 0 Å². The first-order chi connectivity index (χ1) is 8.25. The van der Waals surface area contributed by atoms with Crippen LogP contribution in [0.15, 0.2) is 48.5 Å². The highest BCUT2D eigenvalue weighted by Gasteiger charge is 2.10. The smallest absolute Gasteiger partial charge is 0.0585 e. The van der Waals surface area contributed by atoms with Crippen molar-refractivity contribution < 1.29 is 0 Å². The number of benzene rings is 2. The van der Waals surface area contributed by atoms with Gasteiger partial charge in [-0.2, -0.15) is 0 Å². The molecule has 2 heteroatoms. The first-order valence-corrected chi connectivity index (χ1v) is 6.41. The van der Waals surface area contributed by atoms with Gasteiger partial charge in [0.15, 0.2) is 0 Å². The maximum atomic E-state index is 6.22. The summed E-state index contributed by atoms with van der Waals surface area (Å²) in [5, 5.41) is 1.16. The number of fused-ring (bicyclic) bond motifs is 1. The van der Waals surface area contributed by atoms with Crippen LogP contribution >= 0.6 is 11.3 Å². The summed E-state index contributed by atoms with van der Waals surface area (Å²) in [7, 11) is 0. The fraction of sp³-hybridized carbons (Fsp3) is 0.0667. The first-order valence-electron chi connectivity index (χ1n) is 5.60. The zero-order valence-corrected chi connectivity index (χ0v) is 10.4. The van der Waals surface area contributed by atoms with Gasteiger partial charge in [0.25, 0.3) is 0 Å². The number of thiophene rings is 1. The van der Waals surface area contributed by atoms with Gasteiger partial charge in [0.2, 0.25) is 0 Å². The maximum absolute atomic E-state index is 6.22. The summed E-state index contributed by atoms with van der Waals surface area (Å²) in [6, 6.07) is 16.8. The Morgan fingerprint density at radius 3 is 2.35 bits per heavy atom. The molecule has 0 spiro atoms. The molecule has 0 atom stereocenters. The van der Waals surface area contributed by atoms with Crippen LogP contribution in [0.4, 0.5) is 5.69 Å². The number of hydrogen-bond acceptors (Lipinski definition) is 2. The summed E-state index contributed by atoms with van der Waals surface area (Å²) in [6.45, 7) is 2.10. The number of nitrogens with two attached hydrogens (primary N) is 1. The minimum atomic E-state index is 0.898. The number of nitrogen functional groups attached to an aromatic ring is 1. The van der Waals surface area contributed by atoms with Crippen LogP contribution in [0, 0.1) is 6.92 Å². The largest absolute Gasteiger partial charge is 0.397 e. The first kappa shape index (κ1) is 10.4. The molecule has 0 radical (unpaired) electrons. The zero-order chi connectivity index (χ0) is 11.8. The van der Waals surface area contributed by atoms with Crippen molar-refractivity contribution in [2.24, 2.45) is 0 Å². The van der Waals surface area contributed by atoms with Crippen LogP contribution in [-0.2, 0) is 0 Å². The van der Waals surface area contributed by atoms with Crippen molar-refractivity contribution >= 4 is 27.1 Å². The lowest BCUT2D eigenvalue weighted by molar-refractivity contribution is 1.48. The Morgan fingerprint density at radius 1 is 0.941 bits per heavy atom. The van der Waals surface area contributed by atoms with Crippen molar-refractivity contribution in [3.05, 3.63) is 54.1 Å². The highest BCUT2D eigenvalue weighted by atomic mass is 32.1. The minimum Gasteiger partial charge on any atom is -0.397 e. The number of aryl methyl sites for hydroxylation is 1. The maximum Gasteiger partial charge on any atom is 0.0585 e. The van der Waals surface area contributed by atoms with Gasteiger partial charge in [-0.3, -0.25) is 0 Å². The monoisotopic (exact) mass is 239 g/mol. The molecule has 0 saturated carbocycles. The Labute approximate surface area is 105 Å². The highest BCUT2D eigenvalue weighted by molar-refractivity contribution is 7.23. The molecule has 0 unspecified atom stereocenters. The summed E-state index contributed by atoms with van der Waals surface area (Å²) in [4.78, 5) is 1.17. The Hall–Kier alpha value is -1.80. The van der Waals surface area contributed by atoms with Gasteiger partial charge in [-0.05, 0) is 18.6 Å². The van der Waals surface area contributed by atoms with Crippen LogP contribution in [0.1, 0.15) is 5.56 Å². The Balaban J connectivity index is 2.24. The summed E-state index contributed by atoms with van der Waals surface area (Å²) in [5.74, 6) is 0. The second kappa shape index (κ2) is 3.90. The van der Waals surface area contributed by atoms with Crippen molar-refractivity contribution in [2.75, 3.05) is 5.73 Å². The molecule has 0 bridgehead atoms. The van der Waals surface area contributed by atoms with E-state index in [0.29, 0.717) is 0 Å².